The zero-order chi connectivity index (χ0) is 51.7. The van der Waals surface area contributed by atoms with Crippen LogP contribution in [0.3, 0.4) is 0 Å². The summed E-state index contributed by atoms with van der Waals surface area (Å²) in [5.74, 6) is -1.79. The first-order valence-electron chi connectivity index (χ1n) is 25.0. The number of para-hydroxylation sites is 1. The van der Waals surface area contributed by atoms with Gasteiger partial charge in [-0.1, -0.05) is 48.9 Å². The van der Waals surface area contributed by atoms with Crippen LogP contribution < -0.4 is 58.2 Å². The first-order chi connectivity index (χ1) is 35.4. The SMILES string of the molecule is COc1ccc2[nH]cc(C[C@H](NC(=O)[C@H]3CCC[C@H](N)C3)C(=O)N[C@@H](Cc3ccc(-c4ccccc4OC)cc3)C(=O)N[C@@H](CCCCN=C(N)N)C(=O)NCC(=O)Nc3ccc(N4CCOCC4)cc3)c2c1. The number of anilines is 2. The Morgan fingerprint density at radius 1 is 0.808 bits per heavy atom. The number of carbonyl (C=O) groups excluding carboxylic acids is 5. The van der Waals surface area contributed by atoms with Crippen molar-refractivity contribution in [2.45, 2.75) is 82.0 Å². The van der Waals surface area contributed by atoms with Crippen LogP contribution in [0.2, 0.25) is 0 Å². The standard InChI is InChI=1S/C54H69N11O8/c1-71-41-21-22-44-43(31-41)37(32-59-44)30-47(63-50(67)36-8-7-9-38(55)29-36)53(70)64-46(28-34-13-15-35(16-14-34)42-10-3-4-12-48(42)72-2)52(69)62-45(11-5-6-23-58-54(56)57)51(68)60-33-49(66)61-39-17-19-40(20-18-39)65-24-26-73-27-25-65/h3-4,10,12-22,31-32,36,38,45-47,59H,5-9,11,23-30,33,55H2,1-2H3,(H,60,68)(H,61,66)(H,62,69)(H,63,67)(H,64,70)(H4,56,57,58)/t36-,38-,45-,46-,47-/m0/s1. The number of unbranched alkanes of at least 4 members (excludes halogenated alkanes) is 1. The van der Waals surface area contributed by atoms with Crippen molar-refractivity contribution in [3.8, 4) is 22.6 Å². The molecule has 0 spiro atoms. The number of guanidine groups is 1. The van der Waals surface area contributed by atoms with E-state index in [9.17, 15) is 24.0 Å². The minimum Gasteiger partial charge on any atom is -0.497 e. The molecule has 5 aromatic rings. The fraction of sp³-hybridized carbons (Fsp3) is 0.407. The molecule has 12 N–H and O–H groups in total. The minimum atomic E-state index is -1.24. The number of ether oxygens (including phenoxy) is 3. The van der Waals surface area contributed by atoms with Crippen LogP contribution >= 0.6 is 0 Å². The second-order valence-corrected chi connectivity index (χ2v) is 18.6. The van der Waals surface area contributed by atoms with E-state index >= 15 is 0 Å². The van der Waals surface area contributed by atoms with Crippen LogP contribution in [-0.4, -0.2) is 118 Å². The third-order valence-electron chi connectivity index (χ3n) is 13.3. The van der Waals surface area contributed by atoms with Crippen LogP contribution in [0.1, 0.15) is 56.1 Å². The van der Waals surface area contributed by atoms with Crippen molar-refractivity contribution in [3.05, 3.63) is 108 Å². The first kappa shape index (κ1) is 53.2. The van der Waals surface area contributed by atoms with Gasteiger partial charge in [0.25, 0.3) is 0 Å². The lowest BCUT2D eigenvalue weighted by Gasteiger charge is -2.29. The summed E-state index contributed by atoms with van der Waals surface area (Å²) in [4.78, 5) is 80.3. The molecule has 1 aliphatic heterocycles. The second kappa shape index (κ2) is 26.2. The molecule has 19 nitrogen and oxygen atoms in total. The number of aromatic amines is 1. The van der Waals surface area contributed by atoms with Crippen molar-refractivity contribution in [1.82, 2.24) is 26.3 Å². The van der Waals surface area contributed by atoms with E-state index in [-0.39, 0.29) is 43.7 Å². The van der Waals surface area contributed by atoms with E-state index in [4.69, 9.17) is 31.4 Å². The Balaban J connectivity index is 1.12. The van der Waals surface area contributed by atoms with Crippen LogP contribution in [0, 0.1) is 5.92 Å². The Morgan fingerprint density at radius 3 is 2.25 bits per heavy atom. The summed E-state index contributed by atoms with van der Waals surface area (Å²) in [7, 11) is 3.18. The number of benzene rings is 4. The molecule has 4 aromatic carbocycles. The van der Waals surface area contributed by atoms with Crippen LogP contribution in [-0.2, 0) is 41.6 Å². The molecule has 2 fully saturated rings. The largest absolute Gasteiger partial charge is 0.497 e. The number of nitrogens with one attached hydrogen (secondary N) is 6. The van der Waals surface area contributed by atoms with E-state index in [1.54, 1.807) is 32.5 Å². The summed E-state index contributed by atoms with van der Waals surface area (Å²) in [6.07, 6.45) is 5.67. The number of rotatable bonds is 23. The molecule has 388 valence electrons. The number of methoxy groups -OCH3 is 2. The molecule has 5 atom stereocenters. The molecule has 7 rings (SSSR count). The van der Waals surface area contributed by atoms with E-state index in [0.717, 1.165) is 59.2 Å². The summed E-state index contributed by atoms with van der Waals surface area (Å²) in [5.41, 5.74) is 23.0. The molecule has 73 heavy (non-hydrogen) atoms. The smallest absolute Gasteiger partial charge is 0.243 e. The Bertz CT molecular complexity index is 2680. The van der Waals surface area contributed by atoms with Crippen molar-refractivity contribution in [2.24, 2.45) is 28.1 Å². The number of morpholine rings is 1. The van der Waals surface area contributed by atoms with Gasteiger partial charge < -0.3 is 67.9 Å². The molecule has 2 aliphatic rings. The monoisotopic (exact) mass is 1000 g/mol. The lowest BCUT2D eigenvalue weighted by atomic mass is 9.85. The fourth-order valence-corrected chi connectivity index (χ4v) is 9.34. The number of hydrogen-bond acceptors (Lipinski definition) is 11. The van der Waals surface area contributed by atoms with Gasteiger partial charge in [0, 0.05) is 78.5 Å². The maximum Gasteiger partial charge on any atom is 0.243 e. The van der Waals surface area contributed by atoms with Gasteiger partial charge in [-0.2, -0.15) is 0 Å². The topological polar surface area (TPSA) is 283 Å². The molecule has 1 aliphatic carbocycles. The molecule has 1 saturated carbocycles. The zero-order valence-electron chi connectivity index (χ0n) is 41.6. The van der Waals surface area contributed by atoms with Crippen molar-refractivity contribution < 1.29 is 38.2 Å². The Labute approximate surface area is 425 Å². The maximum absolute atomic E-state index is 14.8. The Hall–Kier alpha value is -7.64. The van der Waals surface area contributed by atoms with Gasteiger partial charge in [-0.15, -0.1) is 0 Å². The van der Waals surface area contributed by atoms with Crippen LogP contribution in [0.4, 0.5) is 11.4 Å². The third kappa shape index (κ3) is 15.2. The normalized spacial score (nSPS) is 16.8. The third-order valence-corrected chi connectivity index (χ3v) is 13.3. The molecule has 0 unspecified atom stereocenters. The summed E-state index contributed by atoms with van der Waals surface area (Å²) in [6, 6.07) is 24.5. The average molecular weight is 1000 g/mol. The summed E-state index contributed by atoms with van der Waals surface area (Å²) in [5, 5.41) is 15.2. The molecule has 19 heteroatoms. The van der Waals surface area contributed by atoms with E-state index in [2.05, 4.69) is 41.5 Å². The van der Waals surface area contributed by atoms with Crippen molar-refractivity contribution in [3.63, 3.8) is 0 Å². The van der Waals surface area contributed by atoms with Crippen molar-refractivity contribution in [1.29, 1.82) is 0 Å². The van der Waals surface area contributed by atoms with E-state index in [1.807, 2.05) is 78.9 Å². The number of amides is 5. The molecular formula is C54H69N11O8. The molecule has 2 heterocycles. The number of H-pyrrole nitrogens is 1. The van der Waals surface area contributed by atoms with Gasteiger partial charge in [-0.3, -0.25) is 29.0 Å². The van der Waals surface area contributed by atoms with Gasteiger partial charge >= 0.3 is 0 Å². The molecule has 0 bridgehead atoms. The van der Waals surface area contributed by atoms with Crippen LogP contribution in [0.15, 0.2) is 102 Å². The number of hydrogen-bond donors (Lipinski definition) is 9. The number of aliphatic imine (C=N–C) groups is 1. The van der Waals surface area contributed by atoms with Gasteiger partial charge in [0.15, 0.2) is 5.96 Å². The quantitative estimate of drug-likeness (QED) is 0.0258. The van der Waals surface area contributed by atoms with Crippen molar-refractivity contribution >= 4 is 57.8 Å². The van der Waals surface area contributed by atoms with E-state index in [0.29, 0.717) is 68.2 Å². The predicted molar refractivity (Wildman–Crippen MR) is 282 cm³/mol. The molecule has 5 amide bonds. The summed E-state index contributed by atoms with van der Waals surface area (Å²) in [6.45, 7) is 2.74. The van der Waals surface area contributed by atoms with Crippen LogP contribution in [0.5, 0.6) is 11.5 Å². The average Bonchev–Trinajstić information content (AvgIpc) is 3.81. The Morgan fingerprint density at radius 2 is 1.53 bits per heavy atom. The lowest BCUT2D eigenvalue weighted by molar-refractivity contribution is -0.134. The van der Waals surface area contributed by atoms with E-state index in [1.165, 1.54) is 0 Å². The minimum absolute atomic E-state index is 0.0117. The van der Waals surface area contributed by atoms with Gasteiger partial charge in [-0.25, -0.2) is 0 Å². The molecule has 1 saturated heterocycles. The highest BCUT2D eigenvalue weighted by molar-refractivity contribution is 5.98. The fourth-order valence-electron chi connectivity index (χ4n) is 9.34. The van der Waals surface area contributed by atoms with E-state index < -0.39 is 47.7 Å². The molecular weight excluding hydrogens is 931 g/mol. The van der Waals surface area contributed by atoms with Gasteiger partial charge in [0.2, 0.25) is 29.5 Å². The molecule has 1 aromatic heterocycles. The predicted octanol–water partition coefficient (Wildman–Crippen LogP) is 3.64. The van der Waals surface area contributed by atoms with Gasteiger partial charge in [0.05, 0.1) is 34.0 Å². The number of fused-ring (bicyclic) bond motifs is 1. The maximum atomic E-state index is 14.8. The Kier molecular flexibility index (Phi) is 19.1. The van der Waals surface area contributed by atoms with Crippen molar-refractivity contribution in [2.75, 3.05) is 63.8 Å². The highest BCUT2D eigenvalue weighted by Crippen LogP contribution is 2.30. The lowest BCUT2D eigenvalue weighted by Crippen LogP contribution is -2.58. The molecule has 0 radical (unpaired) electrons. The summed E-state index contributed by atoms with van der Waals surface area (Å²) >= 11 is 0. The zero-order valence-corrected chi connectivity index (χ0v) is 41.6. The number of nitrogens with two attached hydrogens (primary N) is 3. The highest BCUT2D eigenvalue weighted by Gasteiger charge is 2.33. The first-order valence-corrected chi connectivity index (χ1v) is 25.0. The highest BCUT2D eigenvalue weighted by atomic mass is 16.5. The number of nitrogens with zero attached hydrogens (tertiary/aromatic N) is 2. The number of carbonyl (C=O) groups is 5. The second-order valence-electron chi connectivity index (χ2n) is 18.6. The number of aromatic nitrogens is 1. The van der Waals surface area contributed by atoms with Gasteiger partial charge in [0.1, 0.15) is 29.6 Å². The summed E-state index contributed by atoms with van der Waals surface area (Å²) < 4.78 is 16.6. The van der Waals surface area contributed by atoms with Gasteiger partial charge in [-0.05, 0) is 104 Å². The van der Waals surface area contributed by atoms with Crippen LogP contribution in [0.25, 0.3) is 22.0 Å².